The smallest absolute Gasteiger partial charge is 0.244 e. The van der Waals surface area contributed by atoms with E-state index in [4.69, 9.17) is 11.6 Å². The third-order valence-corrected chi connectivity index (χ3v) is 8.02. The molecule has 0 aliphatic heterocycles. The molecule has 0 saturated carbocycles. The lowest BCUT2D eigenvalue weighted by Gasteiger charge is -2.34. The maximum atomic E-state index is 14.1. The van der Waals surface area contributed by atoms with Crippen molar-refractivity contribution in [2.45, 2.75) is 65.1 Å². The Labute approximate surface area is 249 Å². The second-order valence-corrected chi connectivity index (χ2v) is 13.9. The van der Waals surface area contributed by atoms with E-state index in [1.807, 2.05) is 62.4 Å². The minimum Gasteiger partial charge on any atom is -0.352 e. The molecule has 3 aromatic rings. The zero-order valence-electron chi connectivity index (χ0n) is 24.6. The van der Waals surface area contributed by atoms with E-state index in [1.165, 1.54) is 4.90 Å². The Morgan fingerprint density at radius 1 is 0.902 bits per heavy atom. The normalized spacial score (nSPS) is 12.6. The summed E-state index contributed by atoms with van der Waals surface area (Å²) in [5, 5.41) is 3.44. The first-order chi connectivity index (χ1) is 19.1. The lowest BCUT2D eigenvalue weighted by molar-refractivity contribution is -0.140. The Morgan fingerprint density at radius 2 is 1.51 bits per heavy atom. The molecule has 2 amide bonds. The van der Waals surface area contributed by atoms with Gasteiger partial charge in [-0.05, 0) is 60.2 Å². The van der Waals surface area contributed by atoms with Gasteiger partial charge in [-0.15, -0.1) is 0 Å². The van der Waals surface area contributed by atoms with Crippen LogP contribution in [0.5, 0.6) is 0 Å². The second-order valence-electron chi connectivity index (χ2n) is 11.6. The Morgan fingerprint density at radius 3 is 2.05 bits per heavy atom. The second kappa shape index (κ2) is 13.5. The maximum absolute atomic E-state index is 14.1. The molecule has 0 bridgehead atoms. The largest absolute Gasteiger partial charge is 0.352 e. The summed E-state index contributed by atoms with van der Waals surface area (Å²) >= 11 is 6.25. The number of halogens is 1. The van der Waals surface area contributed by atoms with E-state index < -0.39 is 28.5 Å². The average Bonchev–Trinajstić information content (AvgIpc) is 2.88. The van der Waals surface area contributed by atoms with Crippen LogP contribution in [0.4, 0.5) is 5.69 Å². The summed E-state index contributed by atoms with van der Waals surface area (Å²) in [5.41, 5.74) is 2.89. The Hall–Kier alpha value is -3.36. The molecular formula is C32H40ClN3O4S. The van der Waals surface area contributed by atoms with E-state index in [-0.39, 0.29) is 30.3 Å². The highest BCUT2D eigenvalue weighted by Gasteiger charge is 2.33. The summed E-state index contributed by atoms with van der Waals surface area (Å²) in [6.45, 7) is 9.53. The van der Waals surface area contributed by atoms with Crippen molar-refractivity contribution in [3.8, 4) is 0 Å². The Kier molecular flexibility index (Phi) is 10.6. The standard InChI is InChI=1S/C32H40ClN3O4S/c1-23(2)34-31(38)29(20-24-11-8-7-9-12-24)35(21-25-13-10-14-27(33)19-25)30(37)22-36(41(6,39)40)28-17-15-26(16-18-28)32(3,4)5/h7-19,23,29H,20-22H2,1-6H3,(H,34,38)/t29-/m0/s1. The van der Waals surface area contributed by atoms with Gasteiger partial charge in [0.1, 0.15) is 12.6 Å². The van der Waals surface area contributed by atoms with Gasteiger partial charge in [0, 0.05) is 24.0 Å². The molecule has 0 saturated heterocycles. The topological polar surface area (TPSA) is 86.8 Å². The fourth-order valence-corrected chi connectivity index (χ4v) is 5.57. The van der Waals surface area contributed by atoms with Crippen molar-refractivity contribution < 1.29 is 18.0 Å². The minimum atomic E-state index is -3.83. The first kappa shape index (κ1) is 32.2. The van der Waals surface area contributed by atoms with Gasteiger partial charge in [-0.25, -0.2) is 8.42 Å². The van der Waals surface area contributed by atoms with E-state index in [1.54, 1.807) is 30.3 Å². The van der Waals surface area contributed by atoms with Crippen LogP contribution in [0.3, 0.4) is 0 Å². The van der Waals surface area contributed by atoms with Gasteiger partial charge in [-0.1, -0.05) is 87.0 Å². The zero-order valence-corrected chi connectivity index (χ0v) is 26.2. The molecule has 1 N–H and O–H groups in total. The number of carbonyl (C=O) groups is 2. The number of hydrogen-bond acceptors (Lipinski definition) is 4. The van der Waals surface area contributed by atoms with Gasteiger partial charge in [0.2, 0.25) is 21.8 Å². The molecule has 9 heteroatoms. The highest BCUT2D eigenvalue weighted by molar-refractivity contribution is 7.92. The van der Waals surface area contributed by atoms with Crippen LogP contribution < -0.4 is 9.62 Å². The molecule has 3 aromatic carbocycles. The van der Waals surface area contributed by atoms with Gasteiger partial charge in [0.05, 0.1) is 11.9 Å². The average molecular weight is 598 g/mol. The van der Waals surface area contributed by atoms with Crippen molar-refractivity contribution in [2.75, 3.05) is 17.1 Å². The molecule has 1 atom stereocenters. The molecule has 41 heavy (non-hydrogen) atoms. The summed E-state index contributed by atoms with van der Waals surface area (Å²) in [6.07, 6.45) is 1.33. The molecule has 0 radical (unpaired) electrons. The van der Waals surface area contributed by atoms with Crippen molar-refractivity contribution in [1.82, 2.24) is 10.2 Å². The summed E-state index contributed by atoms with van der Waals surface area (Å²) in [6, 6.07) is 22.6. The molecule has 3 rings (SSSR count). The van der Waals surface area contributed by atoms with Crippen molar-refractivity contribution in [3.05, 3.63) is 101 Å². The minimum absolute atomic E-state index is 0.0724. The SMILES string of the molecule is CC(C)NC(=O)[C@H](Cc1ccccc1)N(Cc1cccc(Cl)c1)C(=O)CN(c1ccc(C(C)(C)C)cc1)S(C)(=O)=O. The number of amides is 2. The summed E-state index contributed by atoms with van der Waals surface area (Å²) in [7, 11) is -3.83. The molecule has 7 nitrogen and oxygen atoms in total. The van der Waals surface area contributed by atoms with Gasteiger partial charge in [-0.3, -0.25) is 13.9 Å². The molecule has 0 aliphatic rings. The first-order valence-corrected chi connectivity index (χ1v) is 15.8. The lowest BCUT2D eigenvalue weighted by atomic mass is 9.87. The van der Waals surface area contributed by atoms with E-state index in [9.17, 15) is 18.0 Å². The summed E-state index contributed by atoms with van der Waals surface area (Å²) < 4.78 is 27.0. The number of nitrogens with zero attached hydrogens (tertiary/aromatic N) is 2. The number of nitrogens with one attached hydrogen (secondary N) is 1. The van der Waals surface area contributed by atoms with Crippen LogP contribution in [0.1, 0.15) is 51.3 Å². The van der Waals surface area contributed by atoms with Crippen LogP contribution in [0.25, 0.3) is 0 Å². The van der Waals surface area contributed by atoms with E-state index in [0.717, 1.165) is 27.3 Å². The van der Waals surface area contributed by atoms with Gasteiger partial charge in [0.25, 0.3) is 0 Å². The molecule has 0 aromatic heterocycles. The van der Waals surface area contributed by atoms with E-state index >= 15 is 0 Å². The van der Waals surface area contributed by atoms with Gasteiger partial charge >= 0.3 is 0 Å². The highest BCUT2D eigenvalue weighted by atomic mass is 35.5. The summed E-state index contributed by atoms with van der Waals surface area (Å²) in [4.78, 5) is 29.2. The van der Waals surface area contributed by atoms with Gasteiger partial charge in [-0.2, -0.15) is 0 Å². The first-order valence-electron chi connectivity index (χ1n) is 13.6. The van der Waals surface area contributed by atoms with Crippen LogP contribution in [-0.2, 0) is 38.0 Å². The van der Waals surface area contributed by atoms with Crippen LogP contribution >= 0.6 is 11.6 Å². The molecular weight excluding hydrogens is 558 g/mol. The van der Waals surface area contributed by atoms with Crippen LogP contribution in [0, 0.1) is 0 Å². The third kappa shape index (κ3) is 9.33. The van der Waals surface area contributed by atoms with Crippen molar-refractivity contribution in [3.63, 3.8) is 0 Å². The molecule has 0 aliphatic carbocycles. The lowest BCUT2D eigenvalue weighted by Crippen LogP contribution is -2.54. The zero-order chi connectivity index (χ0) is 30.4. The van der Waals surface area contributed by atoms with Crippen molar-refractivity contribution in [1.29, 1.82) is 0 Å². The van der Waals surface area contributed by atoms with Gasteiger partial charge in [0.15, 0.2) is 0 Å². The number of hydrogen-bond donors (Lipinski definition) is 1. The highest BCUT2D eigenvalue weighted by Crippen LogP contribution is 2.26. The predicted octanol–water partition coefficient (Wildman–Crippen LogP) is 5.57. The third-order valence-electron chi connectivity index (χ3n) is 6.64. The van der Waals surface area contributed by atoms with E-state index in [2.05, 4.69) is 26.1 Å². The Bertz CT molecular complexity index is 1440. The predicted molar refractivity (Wildman–Crippen MR) is 167 cm³/mol. The number of rotatable bonds is 11. The van der Waals surface area contributed by atoms with Crippen LogP contribution in [0.15, 0.2) is 78.9 Å². The van der Waals surface area contributed by atoms with Crippen molar-refractivity contribution in [2.24, 2.45) is 0 Å². The maximum Gasteiger partial charge on any atom is 0.244 e. The molecule has 0 heterocycles. The number of carbonyl (C=O) groups excluding carboxylic acids is 2. The molecule has 0 unspecified atom stereocenters. The molecule has 0 spiro atoms. The quantitative estimate of drug-likeness (QED) is 0.313. The van der Waals surface area contributed by atoms with Crippen LogP contribution in [-0.4, -0.2) is 50.0 Å². The number of sulfonamides is 1. The molecule has 0 fully saturated rings. The van der Waals surface area contributed by atoms with Crippen LogP contribution in [0.2, 0.25) is 5.02 Å². The van der Waals surface area contributed by atoms with E-state index in [0.29, 0.717) is 10.7 Å². The molecule has 220 valence electrons. The van der Waals surface area contributed by atoms with Crippen molar-refractivity contribution >= 4 is 39.1 Å². The number of benzene rings is 3. The monoisotopic (exact) mass is 597 g/mol. The Balaban J connectivity index is 2.05. The fraction of sp³-hybridized carbons (Fsp3) is 0.375. The number of anilines is 1. The summed E-state index contributed by atoms with van der Waals surface area (Å²) in [5.74, 6) is -0.824. The van der Waals surface area contributed by atoms with Gasteiger partial charge < -0.3 is 10.2 Å². The fourth-order valence-electron chi connectivity index (χ4n) is 4.51.